The molecule has 0 aliphatic carbocycles. The number of fused-ring (bicyclic) bond motifs is 1. The third kappa shape index (κ3) is 3.31. The van der Waals surface area contributed by atoms with Gasteiger partial charge in [-0.25, -0.2) is 4.98 Å². The van der Waals surface area contributed by atoms with Crippen LogP contribution in [0.5, 0.6) is 5.75 Å². The number of hydrogen-bond donors (Lipinski definition) is 0. The van der Waals surface area contributed by atoms with E-state index in [1.807, 2.05) is 62.4 Å². The lowest BCUT2D eigenvalue weighted by molar-refractivity contribution is 0.414. The molecule has 2 aromatic carbocycles. The fraction of sp³-hybridized carbons (Fsp3) is 0.263. The van der Waals surface area contributed by atoms with Crippen LogP contribution in [0.3, 0.4) is 0 Å². The van der Waals surface area contributed by atoms with E-state index in [4.69, 9.17) is 9.72 Å². The van der Waals surface area contributed by atoms with Crippen LogP contribution in [0, 0.1) is 0 Å². The van der Waals surface area contributed by atoms with Crippen LogP contribution in [-0.2, 0) is 5.75 Å². The first kappa shape index (κ1) is 16.6. The average molecular weight is 340 g/mol. The van der Waals surface area contributed by atoms with Crippen LogP contribution in [-0.4, -0.2) is 16.7 Å². The van der Waals surface area contributed by atoms with E-state index in [2.05, 4.69) is 0 Å². The predicted molar refractivity (Wildman–Crippen MR) is 98.9 cm³/mol. The topological polar surface area (TPSA) is 44.1 Å². The fourth-order valence-electron chi connectivity index (χ4n) is 2.59. The summed E-state index contributed by atoms with van der Waals surface area (Å²) in [6.45, 7) is 4.01. The maximum Gasteiger partial charge on any atom is 0.262 e. The molecule has 0 unspecified atom stereocenters. The predicted octanol–water partition coefficient (Wildman–Crippen LogP) is 4.28. The average Bonchev–Trinajstić information content (AvgIpc) is 2.60. The second-order valence-corrected chi connectivity index (χ2v) is 6.76. The summed E-state index contributed by atoms with van der Waals surface area (Å²) < 4.78 is 7.04. The van der Waals surface area contributed by atoms with Crippen LogP contribution in [0.1, 0.15) is 25.5 Å². The summed E-state index contributed by atoms with van der Waals surface area (Å²) in [5.74, 6) is 1.56. The number of rotatable bonds is 5. The Morgan fingerprint density at radius 2 is 1.96 bits per heavy atom. The van der Waals surface area contributed by atoms with Crippen molar-refractivity contribution in [1.29, 1.82) is 0 Å². The second kappa shape index (κ2) is 7.09. The van der Waals surface area contributed by atoms with E-state index in [-0.39, 0.29) is 11.6 Å². The third-order valence-corrected chi connectivity index (χ3v) is 4.82. The van der Waals surface area contributed by atoms with Crippen LogP contribution < -0.4 is 10.3 Å². The number of aromatic nitrogens is 2. The molecule has 124 valence electrons. The molecule has 1 heterocycles. The molecule has 0 bridgehead atoms. The minimum atomic E-state index is 0.0174. The first-order valence-corrected chi connectivity index (χ1v) is 8.85. The molecule has 24 heavy (non-hydrogen) atoms. The number of hydrogen-bond acceptors (Lipinski definition) is 4. The minimum Gasteiger partial charge on any atom is -0.497 e. The molecule has 1 aromatic heterocycles. The van der Waals surface area contributed by atoms with Crippen LogP contribution in [0.15, 0.2) is 58.5 Å². The second-order valence-electron chi connectivity index (χ2n) is 5.82. The highest BCUT2D eigenvalue weighted by Gasteiger charge is 2.14. The van der Waals surface area contributed by atoms with E-state index in [1.165, 1.54) is 0 Å². The Morgan fingerprint density at radius 3 is 2.71 bits per heavy atom. The van der Waals surface area contributed by atoms with Crippen LogP contribution in [0.25, 0.3) is 10.9 Å². The number of methoxy groups -OCH3 is 1. The molecule has 4 nitrogen and oxygen atoms in total. The van der Waals surface area contributed by atoms with Gasteiger partial charge in [0.15, 0.2) is 5.16 Å². The van der Waals surface area contributed by atoms with Crippen molar-refractivity contribution in [1.82, 2.24) is 9.55 Å². The number of para-hydroxylation sites is 1. The molecule has 0 aliphatic heterocycles. The Balaban J connectivity index is 1.98. The van der Waals surface area contributed by atoms with E-state index in [9.17, 15) is 4.79 Å². The van der Waals surface area contributed by atoms with Gasteiger partial charge in [-0.1, -0.05) is 36.0 Å². The summed E-state index contributed by atoms with van der Waals surface area (Å²) in [5, 5.41) is 1.41. The molecule has 0 saturated heterocycles. The smallest absolute Gasteiger partial charge is 0.262 e. The Labute approximate surface area is 145 Å². The van der Waals surface area contributed by atoms with Crippen molar-refractivity contribution in [2.24, 2.45) is 0 Å². The molecular weight excluding hydrogens is 320 g/mol. The highest BCUT2D eigenvalue weighted by molar-refractivity contribution is 7.98. The fourth-order valence-corrected chi connectivity index (χ4v) is 3.66. The molecule has 0 amide bonds. The van der Waals surface area contributed by atoms with Gasteiger partial charge >= 0.3 is 0 Å². The Morgan fingerprint density at radius 1 is 1.17 bits per heavy atom. The van der Waals surface area contributed by atoms with E-state index >= 15 is 0 Å². The minimum absolute atomic E-state index is 0.0174. The van der Waals surface area contributed by atoms with Crippen molar-refractivity contribution < 1.29 is 4.74 Å². The highest BCUT2D eigenvalue weighted by Crippen LogP contribution is 2.25. The number of benzene rings is 2. The molecule has 0 radical (unpaired) electrons. The maximum atomic E-state index is 12.8. The third-order valence-electron chi connectivity index (χ3n) is 3.79. The summed E-state index contributed by atoms with van der Waals surface area (Å²) in [6, 6.07) is 15.5. The largest absolute Gasteiger partial charge is 0.497 e. The molecule has 5 heteroatoms. The lowest BCUT2D eigenvalue weighted by Crippen LogP contribution is -2.25. The molecule has 0 saturated carbocycles. The quantitative estimate of drug-likeness (QED) is 0.514. The summed E-state index contributed by atoms with van der Waals surface area (Å²) in [6.07, 6.45) is 0. The number of ether oxygens (including phenoxy) is 1. The van der Waals surface area contributed by atoms with Crippen LogP contribution in [0.4, 0.5) is 0 Å². The zero-order chi connectivity index (χ0) is 17.1. The van der Waals surface area contributed by atoms with E-state index in [1.54, 1.807) is 23.4 Å². The van der Waals surface area contributed by atoms with Crippen molar-refractivity contribution in [3.8, 4) is 5.75 Å². The first-order chi connectivity index (χ1) is 11.6. The molecule has 0 aliphatic rings. The lowest BCUT2D eigenvalue weighted by atomic mass is 10.2. The number of nitrogens with zero attached hydrogens (tertiary/aromatic N) is 2. The summed E-state index contributed by atoms with van der Waals surface area (Å²) in [4.78, 5) is 17.5. The Bertz CT molecular complexity index is 919. The summed E-state index contributed by atoms with van der Waals surface area (Å²) in [7, 11) is 1.66. The molecule has 3 aromatic rings. The van der Waals surface area contributed by atoms with Gasteiger partial charge in [0.05, 0.1) is 18.0 Å². The SMILES string of the molecule is COc1cccc(CSc2nc3ccccc3c(=O)n2C(C)C)c1. The van der Waals surface area contributed by atoms with Gasteiger partial charge in [0, 0.05) is 11.8 Å². The van der Waals surface area contributed by atoms with Gasteiger partial charge < -0.3 is 4.74 Å². The monoisotopic (exact) mass is 340 g/mol. The normalized spacial score (nSPS) is 11.2. The lowest BCUT2D eigenvalue weighted by Gasteiger charge is -2.16. The zero-order valence-corrected chi connectivity index (χ0v) is 14.8. The molecule has 0 fully saturated rings. The number of thioether (sulfide) groups is 1. The van der Waals surface area contributed by atoms with Crippen LogP contribution in [0.2, 0.25) is 0 Å². The van der Waals surface area contributed by atoms with Crippen LogP contribution >= 0.6 is 11.8 Å². The van der Waals surface area contributed by atoms with Crippen molar-refractivity contribution in [2.75, 3.05) is 7.11 Å². The van der Waals surface area contributed by atoms with Gasteiger partial charge in [-0.15, -0.1) is 0 Å². The van der Waals surface area contributed by atoms with Crippen molar-refractivity contribution in [3.63, 3.8) is 0 Å². The van der Waals surface area contributed by atoms with Gasteiger partial charge in [-0.3, -0.25) is 9.36 Å². The molecule has 3 rings (SSSR count). The summed E-state index contributed by atoms with van der Waals surface area (Å²) in [5.41, 5.74) is 1.90. The highest BCUT2D eigenvalue weighted by atomic mass is 32.2. The van der Waals surface area contributed by atoms with Gasteiger partial charge in [0.2, 0.25) is 0 Å². The van der Waals surface area contributed by atoms with Crippen molar-refractivity contribution in [2.45, 2.75) is 30.8 Å². The molecule has 0 spiro atoms. The Kier molecular flexibility index (Phi) is 4.90. The molecule has 0 N–H and O–H groups in total. The first-order valence-electron chi connectivity index (χ1n) is 7.87. The van der Waals surface area contributed by atoms with Crippen molar-refractivity contribution >= 4 is 22.7 Å². The maximum absolute atomic E-state index is 12.8. The zero-order valence-electron chi connectivity index (χ0n) is 14.0. The standard InChI is InChI=1S/C19H20N2O2S/c1-13(2)21-18(22)16-9-4-5-10-17(16)20-19(21)24-12-14-7-6-8-15(11-14)23-3/h4-11,13H,12H2,1-3H3. The Hall–Kier alpha value is -2.27. The van der Waals surface area contributed by atoms with Gasteiger partial charge in [0.1, 0.15) is 5.75 Å². The van der Waals surface area contributed by atoms with Gasteiger partial charge in [-0.2, -0.15) is 0 Å². The van der Waals surface area contributed by atoms with E-state index in [0.717, 1.165) is 27.7 Å². The van der Waals surface area contributed by atoms with E-state index in [0.29, 0.717) is 5.39 Å². The van der Waals surface area contributed by atoms with E-state index < -0.39 is 0 Å². The van der Waals surface area contributed by atoms with Gasteiger partial charge in [-0.05, 0) is 43.7 Å². The molecule has 0 atom stereocenters. The van der Waals surface area contributed by atoms with Gasteiger partial charge in [0.25, 0.3) is 5.56 Å². The van der Waals surface area contributed by atoms with Crippen molar-refractivity contribution in [3.05, 3.63) is 64.4 Å². The molecular formula is C19H20N2O2S. The summed E-state index contributed by atoms with van der Waals surface area (Å²) >= 11 is 1.57.